The third-order valence-electron chi connectivity index (χ3n) is 6.91. The van der Waals surface area contributed by atoms with Crippen molar-refractivity contribution in [1.82, 2.24) is 9.47 Å². The molecule has 0 fully saturated rings. The Bertz CT molecular complexity index is 1410. The molecule has 0 radical (unpaired) electrons. The molecule has 2 heterocycles. The van der Waals surface area contributed by atoms with Crippen molar-refractivity contribution in [2.45, 2.75) is 32.7 Å². The summed E-state index contributed by atoms with van der Waals surface area (Å²) in [4.78, 5) is 31.0. The summed E-state index contributed by atoms with van der Waals surface area (Å²) < 4.78 is 7.88. The lowest BCUT2D eigenvalue weighted by Gasteiger charge is -2.39. The maximum absolute atomic E-state index is 14.2. The van der Waals surface area contributed by atoms with Crippen LogP contribution in [0, 0.1) is 6.92 Å². The van der Waals surface area contributed by atoms with Crippen LogP contribution in [0.25, 0.3) is 5.69 Å². The number of aryl methyl sites for hydroxylation is 1. The number of ether oxygens (including phenoxy) is 1. The average Bonchev–Trinajstić information content (AvgIpc) is 3.43. The van der Waals surface area contributed by atoms with Crippen LogP contribution in [0.15, 0.2) is 97.2 Å². The van der Waals surface area contributed by atoms with E-state index in [0.29, 0.717) is 12.3 Å². The third kappa shape index (κ3) is 5.21. The number of anilines is 1. The molecule has 5 rings (SSSR count). The van der Waals surface area contributed by atoms with Gasteiger partial charge in [0.05, 0.1) is 17.1 Å². The molecule has 0 N–H and O–H groups in total. The normalized spacial score (nSPS) is 13.9. The van der Waals surface area contributed by atoms with Crippen LogP contribution in [-0.2, 0) is 9.59 Å². The van der Waals surface area contributed by atoms with E-state index in [-0.39, 0.29) is 31.0 Å². The summed E-state index contributed by atoms with van der Waals surface area (Å²) in [6.07, 6.45) is 3.77. The highest BCUT2D eigenvalue weighted by Crippen LogP contribution is 2.42. The fourth-order valence-corrected chi connectivity index (χ4v) is 5.05. The molecule has 0 saturated carbocycles. The van der Waals surface area contributed by atoms with Crippen molar-refractivity contribution < 1.29 is 14.3 Å². The lowest BCUT2D eigenvalue weighted by molar-refractivity contribution is -0.137. The predicted octanol–water partition coefficient (Wildman–Crippen LogP) is 5.93. The predicted molar refractivity (Wildman–Crippen MR) is 150 cm³/mol. The summed E-state index contributed by atoms with van der Waals surface area (Å²) in [5.74, 6) is 0.310. The zero-order chi connectivity index (χ0) is 26.5. The van der Waals surface area contributed by atoms with Gasteiger partial charge in [-0.1, -0.05) is 73.5 Å². The van der Waals surface area contributed by atoms with Crippen molar-refractivity contribution >= 4 is 17.5 Å². The Labute approximate surface area is 224 Å². The second kappa shape index (κ2) is 11.4. The summed E-state index contributed by atoms with van der Waals surface area (Å²) in [6, 6.07) is 29.3. The van der Waals surface area contributed by atoms with Crippen LogP contribution >= 0.6 is 0 Å². The lowest BCUT2D eigenvalue weighted by Crippen LogP contribution is -2.48. The zero-order valence-electron chi connectivity index (χ0n) is 21.9. The van der Waals surface area contributed by atoms with Crippen LogP contribution in [0.4, 0.5) is 5.69 Å². The molecule has 38 heavy (non-hydrogen) atoms. The molecule has 6 heteroatoms. The van der Waals surface area contributed by atoms with E-state index in [1.807, 2.05) is 77.8 Å². The molecule has 0 saturated heterocycles. The maximum Gasteiger partial charge on any atom is 0.260 e. The number of benzene rings is 3. The highest BCUT2D eigenvalue weighted by Gasteiger charge is 2.37. The minimum atomic E-state index is -0.309. The largest absolute Gasteiger partial charge is 0.484 e. The van der Waals surface area contributed by atoms with Crippen molar-refractivity contribution in [3.05, 3.63) is 114 Å². The monoisotopic (exact) mass is 507 g/mol. The molecule has 2 amide bonds. The Hall–Kier alpha value is -4.32. The Morgan fingerprint density at radius 3 is 2.42 bits per heavy atom. The number of aromatic nitrogens is 1. The number of carbonyl (C=O) groups is 2. The lowest BCUT2D eigenvalue weighted by atomic mass is 9.96. The number of amides is 2. The van der Waals surface area contributed by atoms with E-state index in [0.717, 1.165) is 41.0 Å². The van der Waals surface area contributed by atoms with Gasteiger partial charge in [-0.25, -0.2) is 0 Å². The van der Waals surface area contributed by atoms with Gasteiger partial charge in [-0.15, -0.1) is 0 Å². The molecule has 1 atom stereocenters. The molecule has 4 aromatic rings. The summed E-state index contributed by atoms with van der Waals surface area (Å²) >= 11 is 0. The van der Waals surface area contributed by atoms with Gasteiger partial charge in [0.1, 0.15) is 18.3 Å². The van der Waals surface area contributed by atoms with Gasteiger partial charge in [-0.2, -0.15) is 0 Å². The first-order valence-electron chi connectivity index (χ1n) is 13.2. The van der Waals surface area contributed by atoms with Crippen molar-refractivity contribution in [3.8, 4) is 11.4 Å². The Morgan fingerprint density at radius 1 is 0.895 bits per heavy atom. The first-order valence-corrected chi connectivity index (χ1v) is 13.2. The molecule has 6 nitrogen and oxygen atoms in total. The van der Waals surface area contributed by atoms with Crippen molar-refractivity contribution in [2.75, 3.05) is 24.6 Å². The number of nitrogens with zero attached hydrogens (tertiary/aromatic N) is 3. The van der Waals surface area contributed by atoms with Crippen molar-refractivity contribution in [3.63, 3.8) is 0 Å². The van der Waals surface area contributed by atoms with Crippen LogP contribution in [0.5, 0.6) is 5.75 Å². The van der Waals surface area contributed by atoms with Crippen molar-refractivity contribution in [1.29, 1.82) is 0 Å². The average molecular weight is 508 g/mol. The molecule has 0 aliphatic carbocycles. The second-order valence-electron chi connectivity index (χ2n) is 9.64. The first-order chi connectivity index (χ1) is 18.6. The number of rotatable bonds is 9. The molecular weight excluding hydrogens is 474 g/mol. The van der Waals surface area contributed by atoms with Crippen molar-refractivity contribution in [2.24, 2.45) is 0 Å². The van der Waals surface area contributed by atoms with Crippen LogP contribution in [-0.4, -0.2) is 41.0 Å². The van der Waals surface area contributed by atoms with E-state index in [1.54, 1.807) is 4.90 Å². The first kappa shape index (κ1) is 25.3. The minimum absolute atomic E-state index is 0.0195. The zero-order valence-corrected chi connectivity index (χ0v) is 21.9. The Morgan fingerprint density at radius 2 is 1.66 bits per heavy atom. The van der Waals surface area contributed by atoms with Gasteiger partial charge in [0, 0.05) is 12.7 Å². The third-order valence-corrected chi connectivity index (χ3v) is 6.91. The number of para-hydroxylation sites is 3. The van der Waals surface area contributed by atoms with E-state index < -0.39 is 0 Å². The topological polar surface area (TPSA) is 54.8 Å². The van der Waals surface area contributed by atoms with Crippen LogP contribution < -0.4 is 9.64 Å². The number of fused-ring (bicyclic) bond motifs is 3. The van der Waals surface area contributed by atoms with E-state index in [1.165, 1.54) is 0 Å². The smallest absolute Gasteiger partial charge is 0.260 e. The van der Waals surface area contributed by atoms with Gasteiger partial charge in [-0.3, -0.25) is 14.5 Å². The number of unbranched alkanes of at least 4 members (excludes halogenated alkanes) is 1. The number of hydrogen-bond donors (Lipinski definition) is 0. The van der Waals surface area contributed by atoms with Crippen LogP contribution in [0.3, 0.4) is 0 Å². The molecule has 0 bridgehead atoms. The summed E-state index contributed by atoms with van der Waals surface area (Å²) in [5.41, 5.74) is 4.96. The van der Waals surface area contributed by atoms with Gasteiger partial charge in [-0.05, 0) is 55.3 Å². The Balaban J connectivity index is 1.47. The SMILES string of the molecule is CCCCN(CC(=O)N1c2ccccc2-n2cccc2C1c1cccc(C)c1)C(=O)COc1ccccc1. The standard InChI is InChI=1S/C32H33N3O3/c1-3-4-19-33(31(37)23-38-26-14-6-5-7-15-26)22-30(36)35-28-17-9-8-16-27(28)34-20-11-18-29(34)32(35)25-13-10-12-24(2)21-25/h5-18,20-21,32H,3-4,19,22-23H2,1-2H3. The summed E-state index contributed by atoms with van der Waals surface area (Å²) in [6.45, 7) is 4.51. The van der Waals surface area contributed by atoms with Gasteiger partial charge in [0.15, 0.2) is 6.61 Å². The molecule has 1 aromatic heterocycles. The van der Waals surface area contributed by atoms with Gasteiger partial charge < -0.3 is 14.2 Å². The molecule has 3 aromatic carbocycles. The maximum atomic E-state index is 14.2. The van der Waals surface area contributed by atoms with Crippen LogP contribution in [0.1, 0.15) is 42.6 Å². The molecule has 194 valence electrons. The van der Waals surface area contributed by atoms with Gasteiger partial charge >= 0.3 is 0 Å². The van der Waals surface area contributed by atoms with Gasteiger partial charge in [0.25, 0.3) is 5.91 Å². The number of carbonyl (C=O) groups excluding carboxylic acids is 2. The summed E-state index contributed by atoms with van der Waals surface area (Å²) in [7, 11) is 0. The van der Waals surface area contributed by atoms with E-state index in [2.05, 4.69) is 42.7 Å². The molecule has 1 unspecified atom stereocenters. The molecule has 0 spiro atoms. The second-order valence-corrected chi connectivity index (χ2v) is 9.64. The molecular formula is C32H33N3O3. The van der Waals surface area contributed by atoms with E-state index >= 15 is 0 Å². The fourth-order valence-electron chi connectivity index (χ4n) is 5.05. The highest BCUT2D eigenvalue weighted by molar-refractivity contribution is 6.00. The van der Waals surface area contributed by atoms with E-state index in [9.17, 15) is 9.59 Å². The van der Waals surface area contributed by atoms with E-state index in [4.69, 9.17) is 4.74 Å². The molecule has 1 aliphatic heterocycles. The number of hydrogen-bond acceptors (Lipinski definition) is 3. The minimum Gasteiger partial charge on any atom is -0.484 e. The van der Waals surface area contributed by atoms with Crippen LogP contribution in [0.2, 0.25) is 0 Å². The fraction of sp³-hybridized carbons (Fsp3) is 0.250. The highest BCUT2D eigenvalue weighted by atomic mass is 16.5. The Kier molecular flexibility index (Phi) is 7.59. The quantitative estimate of drug-likeness (QED) is 0.282. The summed E-state index contributed by atoms with van der Waals surface area (Å²) in [5, 5.41) is 0. The molecule has 1 aliphatic rings. The van der Waals surface area contributed by atoms with Gasteiger partial charge in [0.2, 0.25) is 5.91 Å².